The molecule has 2 aromatic carbocycles. The number of nitrogens with zero attached hydrogens (tertiary/aromatic N) is 1. The van der Waals surface area contributed by atoms with E-state index in [1.165, 1.54) is 0 Å². The van der Waals surface area contributed by atoms with E-state index in [2.05, 4.69) is 4.99 Å². The molecule has 2 aromatic rings. The molecular weight excluding hydrogens is 250 g/mol. The number of hydrogen-bond acceptors (Lipinski definition) is 3. The molecule has 3 heteroatoms. The summed E-state index contributed by atoms with van der Waals surface area (Å²) in [6.07, 6.45) is 1.78. The first kappa shape index (κ1) is 14.3. The minimum absolute atomic E-state index is 0.0191. The summed E-state index contributed by atoms with van der Waals surface area (Å²) < 4.78 is 5.34. The average Bonchev–Trinajstić information content (AvgIpc) is 2.50. The molecule has 0 aliphatic rings. The molecule has 0 saturated heterocycles. The highest BCUT2D eigenvalue weighted by Crippen LogP contribution is 2.22. The molecule has 1 N–H and O–H groups in total. The third kappa shape index (κ3) is 3.25. The Morgan fingerprint density at radius 2 is 1.90 bits per heavy atom. The quantitative estimate of drug-likeness (QED) is 0.847. The molecule has 1 atom stereocenters. The second-order valence-electron chi connectivity index (χ2n) is 4.58. The van der Waals surface area contributed by atoms with Crippen LogP contribution >= 0.6 is 0 Å². The van der Waals surface area contributed by atoms with Crippen molar-refractivity contribution < 1.29 is 9.84 Å². The summed E-state index contributed by atoms with van der Waals surface area (Å²) in [7, 11) is 1.65. The highest BCUT2D eigenvalue weighted by Gasteiger charge is 2.08. The molecule has 0 spiro atoms. The fourth-order valence-electron chi connectivity index (χ4n) is 2.08. The summed E-state index contributed by atoms with van der Waals surface area (Å²) in [4.78, 5) is 4.50. The molecule has 20 heavy (non-hydrogen) atoms. The van der Waals surface area contributed by atoms with Gasteiger partial charge in [-0.3, -0.25) is 4.99 Å². The van der Waals surface area contributed by atoms with Gasteiger partial charge in [0, 0.05) is 11.8 Å². The highest BCUT2D eigenvalue weighted by molar-refractivity contribution is 5.85. The van der Waals surface area contributed by atoms with Crippen molar-refractivity contribution in [1.29, 1.82) is 0 Å². The molecule has 0 fully saturated rings. The van der Waals surface area contributed by atoms with E-state index >= 15 is 0 Å². The minimum Gasteiger partial charge on any atom is -0.496 e. The van der Waals surface area contributed by atoms with Crippen molar-refractivity contribution in [2.24, 2.45) is 4.99 Å². The van der Waals surface area contributed by atoms with Gasteiger partial charge in [0.1, 0.15) is 5.75 Å². The fraction of sp³-hybridized carbons (Fsp3) is 0.235. The van der Waals surface area contributed by atoms with Crippen molar-refractivity contribution in [3.63, 3.8) is 0 Å². The first-order valence-electron chi connectivity index (χ1n) is 6.59. The number of aliphatic hydroxyl groups excluding tert-OH is 1. The van der Waals surface area contributed by atoms with E-state index in [4.69, 9.17) is 4.74 Å². The molecule has 0 bridgehead atoms. The Morgan fingerprint density at radius 1 is 1.15 bits per heavy atom. The Kier molecular flexibility index (Phi) is 4.91. The van der Waals surface area contributed by atoms with Gasteiger partial charge in [-0.05, 0) is 24.1 Å². The van der Waals surface area contributed by atoms with Crippen LogP contribution in [0.3, 0.4) is 0 Å². The second-order valence-corrected chi connectivity index (χ2v) is 4.58. The number of ether oxygens (including phenoxy) is 1. The van der Waals surface area contributed by atoms with Crippen molar-refractivity contribution in [1.82, 2.24) is 0 Å². The smallest absolute Gasteiger partial charge is 0.127 e. The lowest BCUT2D eigenvalue weighted by Crippen LogP contribution is -2.02. The van der Waals surface area contributed by atoms with Crippen LogP contribution in [-0.2, 0) is 0 Å². The van der Waals surface area contributed by atoms with Crippen LogP contribution in [0.4, 0.5) is 0 Å². The van der Waals surface area contributed by atoms with E-state index in [1.807, 2.05) is 55.5 Å². The topological polar surface area (TPSA) is 41.8 Å². The van der Waals surface area contributed by atoms with Crippen LogP contribution in [0.2, 0.25) is 0 Å². The fourth-order valence-corrected chi connectivity index (χ4v) is 2.08. The predicted molar refractivity (Wildman–Crippen MR) is 81.6 cm³/mol. The van der Waals surface area contributed by atoms with Gasteiger partial charge in [0.25, 0.3) is 0 Å². The maximum atomic E-state index is 9.51. The Bertz CT molecular complexity index is 579. The summed E-state index contributed by atoms with van der Waals surface area (Å²) >= 11 is 0. The number of aliphatic imine (C=N–C) groups is 1. The van der Waals surface area contributed by atoms with Gasteiger partial charge in [-0.1, -0.05) is 42.5 Å². The van der Waals surface area contributed by atoms with Gasteiger partial charge < -0.3 is 9.84 Å². The number of aliphatic hydroxyl groups is 1. The Labute approximate surface area is 119 Å². The van der Waals surface area contributed by atoms with E-state index in [0.29, 0.717) is 0 Å². The molecule has 2 rings (SSSR count). The lowest BCUT2D eigenvalue weighted by molar-refractivity contribution is 0.269. The van der Waals surface area contributed by atoms with Gasteiger partial charge in [0.05, 0.1) is 19.8 Å². The molecule has 0 unspecified atom stereocenters. The standard InChI is InChI=1S/C17H19NO2/c1-13-7-6-10-17(20-2)15(13)11-18-16(12-19)14-8-4-3-5-9-14/h3-11,16,19H,12H2,1-2H3/t16-/m1/s1. The first-order chi connectivity index (χ1) is 9.76. The van der Waals surface area contributed by atoms with Crippen molar-refractivity contribution in [3.8, 4) is 5.75 Å². The SMILES string of the molecule is COc1cccc(C)c1C=N[C@H](CO)c1ccccc1. The maximum Gasteiger partial charge on any atom is 0.127 e. The van der Waals surface area contributed by atoms with Crippen molar-refractivity contribution >= 4 is 6.21 Å². The molecule has 0 saturated carbocycles. The normalized spacial score (nSPS) is 12.6. The number of methoxy groups -OCH3 is 1. The molecule has 0 amide bonds. The summed E-state index contributed by atoms with van der Waals surface area (Å²) in [5.41, 5.74) is 3.04. The summed E-state index contributed by atoms with van der Waals surface area (Å²) in [6.45, 7) is 2.00. The monoisotopic (exact) mass is 269 g/mol. The zero-order valence-corrected chi connectivity index (χ0v) is 11.8. The van der Waals surface area contributed by atoms with Crippen LogP contribution in [0.1, 0.15) is 22.7 Å². The second kappa shape index (κ2) is 6.87. The number of benzene rings is 2. The lowest BCUT2D eigenvalue weighted by Gasteiger charge is -2.11. The minimum atomic E-state index is -0.250. The molecule has 0 radical (unpaired) electrons. The van der Waals surface area contributed by atoms with Crippen molar-refractivity contribution in [2.45, 2.75) is 13.0 Å². The molecule has 0 aliphatic heterocycles. The zero-order chi connectivity index (χ0) is 14.4. The molecule has 0 aliphatic carbocycles. The van der Waals surface area contributed by atoms with Gasteiger partial charge in [0.2, 0.25) is 0 Å². The third-order valence-corrected chi connectivity index (χ3v) is 3.24. The Balaban J connectivity index is 2.28. The van der Waals surface area contributed by atoms with E-state index in [-0.39, 0.29) is 12.6 Å². The highest BCUT2D eigenvalue weighted by atomic mass is 16.5. The molecule has 0 aromatic heterocycles. The summed E-state index contributed by atoms with van der Waals surface area (Å²) in [5.74, 6) is 0.790. The molecular formula is C17H19NO2. The molecule has 0 heterocycles. The van der Waals surface area contributed by atoms with E-state index in [9.17, 15) is 5.11 Å². The maximum absolute atomic E-state index is 9.51. The van der Waals surface area contributed by atoms with Crippen LogP contribution < -0.4 is 4.74 Å². The summed E-state index contributed by atoms with van der Waals surface area (Å²) in [5, 5.41) is 9.51. The zero-order valence-electron chi connectivity index (χ0n) is 11.8. The lowest BCUT2D eigenvalue weighted by atomic mass is 10.1. The third-order valence-electron chi connectivity index (χ3n) is 3.24. The van der Waals surface area contributed by atoms with Crippen LogP contribution in [0.15, 0.2) is 53.5 Å². The van der Waals surface area contributed by atoms with Crippen molar-refractivity contribution in [3.05, 3.63) is 65.2 Å². The summed E-state index contributed by atoms with van der Waals surface area (Å²) in [6, 6.07) is 15.4. The average molecular weight is 269 g/mol. The largest absolute Gasteiger partial charge is 0.496 e. The number of rotatable bonds is 5. The van der Waals surface area contributed by atoms with Crippen LogP contribution in [0.5, 0.6) is 5.75 Å². The van der Waals surface area contributed by atoms with Gasteiger partial charge in [-0.15, -0.1) is 0 Å². The number of hydrogen-bond donors (Lipinski definition) is 1. The van der Waals surface area contributed by atoms with Gasteiger partial charge in [-0.2, -0.15) is 0 Å². The van der Waals surface area contributed by atoms with Gasteiger partial charge >= 0.3 is 0 Å². The molecule has 104 valence electrons. The van der Waals surface area contributed by atoms with Gasteiger partial charge in [0.15, 0.2) is 0 Å². The number of aryl methyl sites for hydroxylation is 1. The van der Waals surface area contributed by atoms with Crippen molar-refractivity contribution in [2.75, 3.05) is 13.7 Å². The first-order valence-corrected chi connectivity index (χ1v) is 6.59. The van der Waals surface area contributed by atoms with Crippen LogP contribution in [-0.4, -0.2) is 25.0 Å². The van der Waals surface area contributed by atoms with Crippen LogP contribution in [0.25, 0.3) is 0 Å². The van der Waals surface area contributed by atoms with Gasteiger partial charge in [-0.25, -0.2) is 0 Å². The van der Waals surface area contributed by atoms with E-state index < -0.39 is 0 Å². The van der Waals surface area contributed by atoms with E-state index in [1.54, 1.807) is 13.3 Å². The molecule has 3 nitrogen and oxygen atoms in total. The Hall–Kier alpha value is -2.13. The van der Waals surface area contributed by atoms with Crippen LogP contribution in [0, 0.1) is 6.92 Å². The predicted octanol–water partition coefficient (Wildman–Crippen LogP) is 3.16. The Morgan fingerprint density at radius 3 is 2.55 bits per heavy atom. The van der Waals surface area contributed by atoms with E-state index in [0.717, 1.165) is 22.4 Å².